The van der Waals surface area contributed by atoms with Crippen LogP contribution in [0.15, 0.2) is 36.4 Å². The lowest BCUT2D eigenvalue weighted by Crippen LogP contribution is -2.22. The van der Waals surface area contributed by atoms with Crippen LogP contribution < -0.4 is 10.1 Å². The Balaban J connectivity index is 2.17. The van der Waals surface area contributed by atoms with E-state index >= 15 is 0 Å². The van der Waals surface area contributed by atoms with Crippen LogP contribution >= 0.6 is 0 Å². The van der Waals surface area contributed by atoms with E-state index in [9.17, 15) is 9.59 Å². The van der Waals surface area contributed by atoms with E-state index < -0.39 is 6.09 Å². The fraction of sp³-hybridized carbons (Fsp3) is 0.318. The highest BCUT2D eigenvalue weighted by Crippen LogP contribution is 2.24. The summed E-state index contributed by atoms with van der Waals surface area (Å²) >= 11 is 0. The largest absolute Gasteiger partial charge is 0.488 e. The van der Waals surface area contributed by atoms with E-state index in [1.54, 1.807) is 36.4 Å². The van der Waals surface area contributed by atoms with Gasteiger partial charge in [0.25, 0.3) is 0 Å². The number of benzene rings is 2. The second kappa shape index (κ2) is 9.17. The van der Waals surface area contributed by atoms with Crippen LogP contribution in [0.4, 0.5) is 10.5 Å². The quantitative estimate of drug-likeness (QED) is 0.522. The predicted octanol–water partition coefficient (Wildman–Crippen LogP) is 4.98. The molecule has 2 N–H and O–H groups in total. The Bertz CT molecular complexity index is 869. The number of amides is 1. The van der Waals surface area contributed by atoms with Crippen molar-refractivity contribution in [1.29, 1.82) is 5.41 Å². The first-order valence-corrected chi connectivity index (χ1v) is 8.98. The first-order valence-electron chi connectivity index (χ1n) is 8.98. The maximum absolute atomic E-state index is 12.1. The predicted molar refractivity (Wildman–Crippen MR) is 110 cm³/mol. The smallest absolute Gasteiger partial charge is 0.411 e. The number of hydrogen-bond donors (Lipinski definition) is 2. The summed E-state index contributed by atoms with van der Waals surface area (Å²) in [6.45, 7) is 8.25. The molecule has 0 fully saturated rings. The molecule has 0 aliphatic carbocycles. The van der Waals surface area contributed by atoms with Gasteiger partial charge in [0, 0.05) is 17.5 Å². The zero-order chi connectivity index (χ0) is 20.7. The summed E-state index contributed by atoms with van der Waals surface area (Å²) in [4.78, 5) is 23.2. The summed E-state index contributed by atoms with van der Waals surface area (Å²) in [6, 6.07) is 10.5. The molecule has 0 aromatic heterocycles. The molecule has 0 saturated carbocycles. The lowest BCUT2D eigenvalue weighted by molar-refractivity contribution is 0.111. The number of aryl methyl sites for hydroxylation is 1. The number of ether oxygens (including phenoxy) is 2. The summed E-state index contributed by atoms with van der Waals surface area (Å²) in [5, 5.41) is 10.4. The third-order valence-electron chi connectivity index (χ3n) is 3.94. The van der Waals surface area contributed by atoms with Gasteiger partial charge in [-0.2, -0.15) is 0 Å². The molecule has 0 bridgehead atoms. The first kappa shape index (κ1) is 21.2. The van der Waals surface area contributed by atoms with Crippen LogP contribution in [0, 0.1) is 17.7 Å². The molecule has 6 heteroatoms. The second-order valence-corrected chi connectivity index (χ2v) is 7.72. The number of nitrogens with one attached hydrogen (secondary N) is 2. The van der Waals surface area contributed by atoms with Gasteiger partial charge in [-0.3, -0.25) is 10.1 Å². The molecule has 2 aromatic carbocycles. The van der Waals surface area contributed by atoms with Gasteiger partial charge in [-0.15, -0.1) is 0 Å². The van der Waals surface area contributed by atoms with Crippen LogP contribution in [-0.4, -0.2) is 25.2 Å². The van der Waals surface area contributed by atoms with E-state index in [-0.39, 0.29) is 12.0 Å². The van der Waals surface area contributed by atoms with Gasteiger partial charge in [-0.25, -0.2) is 4.79 Å². The van der Waals surface area contributed by atoms with Crippen molar-refractivity contribution in [3.8, 4) is 5.75 Å². The zero-order valence-corrected chi connectivity index (χ0v) is 16.7. The molecular formula is C22H26N2O4. The highest BCUT2D eigenvalue weighted by Gasteiger charge is 2.15. The molecule has 0 atom stereocenters. The van der Waals surface area contributed by atoms with E-state index in [0.717, 1.165) is 11.8 Å². The van der Waals surface area contributed by atoms with Gasteiger partial charge in [-0.05, 0) is 47.7 Å². The average Bonchev–Trinajstić information content (AvgIpc) is 2.66. The molecule has 2 rings (SSSR count). The summed E-state index contributed by atoms with van der Waals surface area (Å²) in [7, 11) is 0. The molecule has 2 aromatic rings. The molecule has 6 nitrogen and oxygen atoms in total. The third kappa shape index (κ3) is 5.94. The molecule has 0 aliphatic heterocycles. The molecule has 0 spiro atoms. The number of carbonyl (C=O) groups excluding carboxylic acids is 2. The Morgan fingerprint density at radius 2 is 1.89 bits per heavy atom. The van der Waals surface area contributed by atoms with Crippen LogP contribution in [0.1, 0.15) is 47.8 Å². The van der Waals surface area contributed by atoms with E-state index in [1.165, 1.54) is 6.21 Å². The maximum Gasteiger partial charge on any atom is 0.411 e. The molecular weight excluding hydrogens is 356 g/mol. The van der Waals surface area contributed by atoms with Gasteiger partial charge in [-0.1, -0.05) is 32.9 Å². The van der Waals surface area contributed by atoms with Crippen LogP contribution in [0.2, 0.25) is 0 Å². The topological polar surface area (TPSA) is 88.5 Å². The zero-order valence-electron chi connectivity index (χ0n) is 16.7. The van der Waals surface area contributed by atoms with Crippen molar-refractivity contribution in [2.45, 2.75) is 34.3 Å². The van der Waals surface area contributed by atoms with Gasteiger partial charge >= 0.3 is 6.09 Å². The van der Waals surface area contributed by atoms with Gasteiger partial charge < -0.3 is 14.9 Å². The van der Waals surface area contributed by atoms with Crippen LogP contribution in [0.5, 0.6) is 5.75 Å². The highest BCUT2D eigenvalue weighted by atomic mass is 16.5. The lowest BCUT2D eigenvalue weighted by Gasteiger charge is -2.19. The minimum Gasteiger partial charge on any atom is -0.488 e. The van der Waals surface area contributed by atoms with Crippen molar-refractivity contribution in [3.05, 3.63) is 58.7 Å². The Hall–Kier alpha value is -3.15. The van der Waals surface area contributed by atoms with E-state index in [0.29, 0.717) is 34.7 Å². The molecule has 148 valence electrons. The molecule has 28 heavy (non-hydrogen) atoms. The Labute approximate surface area is 165 Å². The number of anilines is 1. The van der Waals surface area contributed by atoms with Crippen LogP contribution in [0.25, 0.3) is 0 Å². The first-order chi connectivity index (χ1) is 13.2. The minimum absolute atomic E-state index is 0.124. The molecule has 0 saturated heterocycles. The number of carbonyl (C=O) groups is 2. The molecule has 0 unspecified atom stereocenters. The monoisotopic (exact) mass is 382 g/mol. The minimum atomic E-state index is -0.529. The standard InChI is InChI=1S/C22H26N2O4/c1-15-9-17(11-23)18(13-27-20-8-6-5-7-16(20)12-25)10-19(15)24-21(26)28-14-22(2,3)4/h5-12,23H,13-14H2,1-4H3,(H,24,26). The Kier molecular flexibility index (Phi) is 6.93. The van der Waals surface area contributed by atoms with E-state index in [2.05, 4.69) is 5.32 Å². The molecule has 1 amide bonds. The lowest BCUT2D eigenvalue weighted by atomic mass is 9.99. The third-order valence-corrected chi connectivity index (χ3v) is 3.94. The van der Waals surface area contributed by atoms with Crippen LogP contribution in [-0.2, 0) is 11.3 Å². The van der Waals surface area contributed by atoms with Crippen molar-refractivity contribution in [2.75, 3.05) is 11.9 Å². The fourth-order valence-electron chi connectivity index (χ4n) is 2.46. The average molecular weight is 382 g/mol. The number of rotatable bonds is 7. The van der Waals surface area contributed by atoms with Crippen molar-refractivity contribution >= 4 is 24.3 Å². The van der Waals surface area contributed by atoms with Crippen molar-refractivity contribution in [2.24, 2.45) is 5.41 Å². The van der Waals surface area contributed by atoms with E-state index in [4.69, 9.17) is 14.9 Å². The number of aldehydes is 1. The Morgan fingerprint density at radius 3 is 2.54 bits per heavy atom. The molecule has 0 radical (unpaired) electrons. The summed E-state index contributed by atoms with van der Waals surface area (Å²) in [5.74, 6) is 0.466. The summed E-state index contributed by atoms with van der Waals surface area (Å²) in [6.07, 6.45) is 1.44. The van der Waals surface area contributed by atoms with E-state index in [1.807, 2.05) is 27.7 Å². The SMILES string of the molecule is Cc1cc(C=N)c(COc2ccccc2C=O)cc1NC(=O)OCC(C)(C)C. The summed E-state index contributed by atoms with van der Waals surface area (Å²) < 4.78 is 11.0. The van der Waals surface area contributed by atoms with Gasteiger partial charge in [0.15, 0.2) is 6.29 Å². The van der Waals surface area contributed by atoms with Crippen molar-refractivity contribution < 1.29 is 19.1 Å². The van der Waals surface area contributed by atoms with Crippen molar-refractivity contribution in [3.63, 3.8) is 0 Å². The maximum atomic E-state index is 12.1. The molecule has 0 heterocycles. The van der Waals surface area contributed by atoms with Gasteiger partial charge in [0.1, 0.15) is 12.4 Å². The summed E-state index contributed by atoms with van der Waals surface area (Å²) in [5.41, 5.74) is 3.12. The van der Waals surface area contributed by atoms with Gasteiger partial charge in [0.2, 0.25) is 0 Å². The van der Waals surface area contributed by atoms with Crippen molar-refractivity contribution in [1.82, 2.24) is 0 Å². The Morgan fingerprint density at radius 1 is 1.18 bits per heavy atom. The normalized spacial score (nSPS) is 10.9. The second-order valence-electron chi connectivity index (χ2n) is 7.72. The van der Waals surface area contributed by atoms with Crippen LogP contribution in [0.3, 0.4) is 0 Å². The van der Waals surface area contributed by atoms with Gasteiger partial charge in [0.05, 0.1) is 12.2 Å². The number of para-hydroxylation sites is 1. The molecule has 0 aliphatic rings. The highest BCUT2D eigenvalue weighted by molar-refractivity contribution is 5.88. The number of hydrogen-bond acceptors (Lipinski definition) is 5. The fourth-order valence-corrected chi connectivity index (χ4v) is 2.46.